The minimum atomic E-state index is -4.38. The molecule has 6 nitrogen and oxygen atoms in total. The third-order valence-electron chi connectivity index (χ3n) is 2.33. The van der Waals surface area contributed by atoms with Crippen LogP contribution in [0.25, 0.3) is 0 Å². The molecule has 1 aromatic rings. The zero-order valence-corrected chi connectivity index (χ0v) is 11.6. The first kappa shape index (κ1) is 17.4. The highest BCUT2D eigenvalue weighted by Gasteiger charge is 2.26. The number of hydrogen-bond acceptors (Lipinski definition) is 4. The minimum absolute atomic E-state index is 0.0180. The summed E-state index contributed by atoms with van der Waals surface area (Å²) < 4.78 is 57.8. The second-order valence-corrected chi connectivity index (χ2v) is 5.75. The average Bonchev–Trinajstić information content (AvgIpc) is 2.34. The van der Waals surface area contributed by atoms with Gasteiger partial charge in [0, 0.05) is 6.54 Å². The smallest absolute Gasteiger partial charge is 0.351 e. The summed E-state index contributed by atoms with van der Waals surface area (Å²) in [5.41, 5.74) is 0.464. The highest BCUT2D eigenvalue weighted by atomic mass is 32.2. The topological polar surface area (TPSA) is 101 Å². The number of halogens is 3. The molecule has 4 N–H and O–H groups in total. The van der Waals surface area contributed by atoms with E-state index in [0.717, 1.165) is 0 Å². The molecule has 0 radical (unpaired) electrons. The van der Waals surface area contributed by atoms with Crippen molar-refractivity contribution in [2.45, 2.75) is 17.6 Å². The molecular weight excluding hydrogens is 311 g/mol. The number of benzene rings is 1. The molecule has 118 valence electrons. The van der Waals surface area contributed by atoms with Crippen molar-refractivity contribution in [3.05, 3.63) is 29.8 Å². The second-order valence-electron chi connectivity index (χ2n) is 4.19. The monoisotopic (exact) mass is 325 g/mol. The van der Waals surface area contributed by atoms with Crippen molar-refractivity contribution < 1.29 is 26.4 Å². The van der Waals surface area contributed by atoms with Crippen LogP contribution >= 0.6 is 0 Å². The number of carbonyl (C=O) groups is 1. The molecule has 1 aromatic carbocycles. The van der Waals surface area contributed by atoms with Crippen LogP contribution in [0.1, 0.15) is 5.56 Å². The molecule has 0 aliphatic carbocycles. The third-order valence-corrected chi connectivity index (χ3v) is 3.24. The number of rotatable bonds is 6. The number of nitrogens with two attached hydrogens (primary N) is 1. The van der Waals surface area contributed by atoms with E-state index >= 15 is 0 Å². The lowest BCUT2D eigenvalue weighted by Crippen LogP contribution is -2.38. The van der Waals surface area contributed by atoms with E-state index in [-0.39, 0.29) is 11.4 Å². The van der Waals surface area contributed by atoms with Crippen molar-refractivity contribution in [3.63, 3.8) is 0 Å². The predicted octanol–water partition coefficient (Wildman–Crippen LogP) is 0.102. The molecule has 0 spiro atoms. The van der Waals surface area contributed by atoms with Gasteiger partial charge in [-0.2, -0.15) is 13.2 Å². The van der Waals surface area contributed by atoms with Gasteiger partial charge >= 0.3 is 6.18 Å². The molecule has 0 fully saturated rings. The van der Waals surface area contributed by atoms with E-state index in [4.69, 9.17) is 5.14 Å². The maximum absolute atomic E-state index is 11.9. The maximum atomic E-state index is 11.9. The molecule has 0 aliphatic rings. The van der Waals surface area contributed by atoms with Crippen LogP contribution in [0, 0.1) is 0 Å². The molecular formula is C11H14F3N3O3S. The van der Waals surface area contributed by atoms with Gasteiger partial charge in [0.05, 0.1) is 18.0 Å². The SMILES string of the molecule is NS(=O)(=O)c1cccc(CNC(=O)CNCC(F)(F)F)c1. The number of carbonyl (C=O) groups excluding carboxylic acids is 1. The normalized spacial score (nSPS) is 12.2. The summed E-state index contributed by atoms with van der Waals surface area (Å²) in [6.45, 7) is -1.77. The van der Waals surface area contributed by atoms with Crippen LogP contribution in [0.2, 0.25) is 0 Å². The van der Waals surface area contributed by atoms with Crippen LogP contribution in [0.4, 0.5) is 13.2 Å². The molecule has 21 heavy (non-hydrogen) atoms. The number of sulfonamides is 1. The van der Waals surface area contributed by atoms with E-state index < -0.39 is 35.2 Å². The Morgan fingerprint density at radius 1 is 1.29 bits per heavy atom. The number of alkyl halides is 3. The molecule has 0 heterocycles. The summed E-state index contributed by atoms with van der Waals surface area (Å²) in [7, 11) is -3.84. The van der Waals surface area contributed by atoms with Crippen LogP contribution in [0.5, 0.6) is 0 Å². The van der Waals surface area contributed by atoms with Gasteiger partial charge in [-0.3, -0.25) is 4.79 Å². The van der Waals surface area contributed by atoms with Gasteiger partial charge in [0.1, 0.15) is 0 Å². The summed E-state index contributed by atoms with van der Waals surface area (Å²) in [4.78, 5) is 11.2. The van der Waals surface area contributed by atoms with Gasteiger partial charge in [-0.05, 0) is 17.7 Å². The molecule has 0 aromatic heterocycles. The lowest BCUT2D eigenvalue weighted by atomic mass is 10.2. The van der Waals surface area contributed by atoms with E-state index in [2.05, 4.69) is 5.32 Å². The fourth-order valence-corrected chi connectivity index (χ4v) is 2.00. The van der Waals surface area contributed by atoms with Crippen LogP contribution in [-0.4, -0.2) is 33.6 Å². The van der Waals surface area contributed by atoms with Crippen molar-refractivity contribution in [2.75, 3.05) is 13.1 Å². The Balaban J connectivity index is 2.47. The van der Waals surface area contributed by atoms with E-state index in [1.807, 2.05) is 5.32 Å². The number of nitrogens with one attached hydrogen (secondary N) is 2. The van der Waals surface area contributed by atoms with Crippen molar-refractivity contribution >= 4 is 15.9 Å². The highest BCUT2D eigenvalue weighted by Crippen LogP contribution is 2.12. The second kappa shape index (κ2) is 6.87. The van der Waals surface area contributed by atoms with E-state index in [1.54, 1.807) is 6.07 Å². The van der Waals surface area contributed by atoms with Crippen molar-refractivity contribution in [2.24, 2.45) is 5.14 Å². The van der Waals surface area contributed by atoms with Crippen LogP contribution in [0.15, 0.2) is 29.2 Å². The Morgan fingerprint density at radius 2 is 1.95 bits per heavy atom. The Hall–Kier alpha value is -1.65. The standard InChI is InChI=1S/C11H14F3N3O3S/c12-11(13,14)7-16-6-10(18)17-5-8-2-1-3-9(4-8)21(15,19)20/h1-4,16H,5-7H2,(H,17,18)(H2,15,19,20). The van der Waals surface area contributed by atoms with E-state index in [1.165, 1.54) is 18.2 Å². The van der Waals surface area contributed by atoms with E-state index in [9.17, 15) is 26.4 Å². The first-order chi connectivity index (χ1) is 9.58. The van der Waals surface area contributed by atoms with Gasteiger partial charge < -0.3 is 10.6 Å². The van der Waals surface area contributed by atoms with Crippen LogP contribution in [0.3, 0.4) is 0 Å². The zero-order chi connectivity index (χ0) is 16.1. The summed E-state index contributed by atoms with van der Waals surface area (Å²) in [5.74, 6) is -0.639. The predicted molar refractivity (Wildman–Crippen MR) is 68.6 cm³/mol. The van der Waals surface area contributed by atoms with Crippen molar-refractivity contribution in [3.8, 4) is 0 Å². The lowest BCUT2D eigenvalue weighted by molar-refractivity contribution is -0.128. The highest BCUT2D eigenvalue weighted by molar-refractivity contribution is 7.89. The largest absolute Gasteiger partial charge is 0.401 e. The van der Waals surface area contributed by atoms with Gasteiger partial charge in [0.25, 0.3) is 0 Å². The Labute approximate surface area is 119 Å². The lowest BCUT2D eigenvalue weighted by Gasteiger charge is -2.09. The Morgan fingerprint density at radius 3 is 2.52 bits per heavy atom. The van der Waals surface area contributed by atoms with Gasteiger partial charge in [0.15, 0.2) is 0 Å². The average molecular weight is 325 g/mol. The van der Waals surface area contributed by atoms with Gasteiger partial charge in [-0.25, -0.2) is 13.6 Å². The molecule has 10 heteroatoms. The first-order valence-corrected chi connectivity index (χ1v) is 7.28. The van der Waals surface area contributed by atoms with Crippen LogP contribution in [-0.2, 0) is 21.4 Å². The van der Waals surface area contributed by atoms with E-state index in [0.29, 0.717) is 5.56 Å². The quantitative estimate of drug-likeness (QED) is 0.690. The van der Waals surface area contributed by atoms with Crippen molar-refractivity contribution in [1.82, 2.24) is 10.6 Å². The van der Waals surface area contributed by atoms with Gasteiger partial charge in [-0.15, -0.1) is 0 Å². The number of hydrogen-bond donors (Lipinski definition) is 3. The molecule has 0 bridgehead atoms. The fraction of sp³-hybridized carbons (Fsp3) is 0.364. The molecule has 1 amide bonds. The molecule has 0 saturated heterocycles. The van der Waals surface area contributed by atoms with Gasteiger partial charge in [0.2, 0.25) is 15.9 Å². The summed E-state index contributed by atoms with van der Waals surface area (Å²) in [6.07, 6.45) is -4.38. The Kier molecular flexibility index (Phi) is 5.70. The molecule has 0 unspecified atom stereocenters. The fourth-order valence-electron chi connectivity index (χ4n) is 1.41. The van der Waals surface area contributed by atoms with Crippen molar-refractivity contribution in [1.29, 1.82) is 0 Å². The minimum Gasteiger partial charge on any atom is -0.351 e. The number of amides is 1. The Bertz CT molecular complexity index is 602. The first-order valence-electron chi connectivity index (χ1n) is 5.74. The zero-order valence-electron chi connectivity index (χ0n) is 10.8. The summed E-state index contributed by atoms with van der Waals surface area (Å²) in [6, 6.07) is 5.57. The number of primary sulfonamides is 1. The summed E-state index contributed by atoms with van der Waals surface area (Å²) >= 11 is 0. The van der Waals surface area contributed by atoms with Gasteiger partial charge in [-0.1, -0.05) is 12.1 Å². The maximum Gasteiger partial charge on any atom is 0.401 e. The molecule has 1 rings (SSSR count). The molecule has 0 aliphatic heterocycles. The van der Waals surface area contributed by atoms with Crippen LogP contribution < -0.4 is 15.8 Å². The molecule has 0 saturated carbocycles. The summed E-state index contributed by atoms with van der Waals surface area (Å²) in [5, 5.41) is 9.26. The third kappa shape index (κ3) is 7.06. The molecule has 0 atom stereocenters.